The highest BCUT2D eigenvalue weighted by molar-refractivity contribution is 5.64. The lowest BCUT2D eigenvalue weighted by Crippen LogP contribution is -2.80. The summed E-state index contributed by atoms with van der Waals surface area (Å²) in [6.07, 6.45) is 8.62. The van der Waals surface area contributed by atoms with Crippen molar-refractivity contribution >= 4 is 5.69 Å². The van der Waals surface area contributed by atoms with Crippen LogP contribution in [0.5, 0.6) is 11.5 Å². The van der Waals surface area contributed by atoms with Crippen molar-refractivity contribution in [3.05, 3.63) is 53.1 Å². The number of methoxy groups -OCH3 is 2. The number of fused-ring (bicyclic) bond motifs is 2. The van der Waals surface area contributed by atoms with Crippen LogP contribution in [-0.4, -0.2) is 57.0 Å². The second-order valence-corrected chi connectivity index (χ2v) is 12.5. The van der Waals surface area contributed by atoms with E-state index in [4.69, 9.17) is 14.2 Å². The van der Waals surface area contributed by atoms with E-state index < -0.39 is 0 Å². The van der Waals surface area contributed by atoms with Crippen LogP contribution in [0, 0.1) is 11.3 Å². The van der Waals surface area contributed by atoms with Gasteiger partial charge in [-0.25, -0.2) is 0 Å². The van der Waals surface area contributed by atoms with Crippen molar-refractivity contribution < 1.29 is 14.2 Å². The zero-order chi connectivity index (χ0) is 24.3. The Balaban J connectivity index is 1.36. The van der Waals surface area contributed by atoms with E-state index in [9.17, 15) is 0 Å². The summed E-state index contributed by atoms with van der Waals surface area (Å²) >= 11 is 0. The first-order valence-electron chi connectivity index (χ1n) is 14.0. The number of nitrogens with one attached hydrogen (secondary N) is 1. The molecule has 5 fully saturated rings. The normalized spacial score (nSPS) is 39.5. The van der Waals surface area contributed by atoms with Crippen molar-refractivity contribution in [2.75, 3.05) is 39.7 Å². The molecule has 4 saturated carbocycles. The molecule has 1 N–H and O–H groups in total. The Hall–Kier alpha value is -2.24. The maximum Gasteiger partial charge on any atom is 0.165 e. The Morgan fingerprint density at radius 2 is 2.00 bits per heavy atom. The Kier molecular flexibility index (Phi) is 4.36. The molecule has 2 aliphatic heterocycles. The van der Waals surface area contributed by atoms with Crippen molar-refractivity contribution in [2.45, 2.75) is 74.0 Å². The highest BCUT2D eigenvalue weighted by Gasteiger charge is 2.80. The van der Waals surface area contributed by atoms with Gasteiger partial charge in [-0.1, -0.05) is 18.2 Å². The average molecular weight is 487 g/mol. The van der Waals surface area contributed by atoms with Gasteiger partial charge in [0, 0.05) is 54.7 Å². The molecule has 0 amide bonds. The average Bonchev–Trinajstić information content (AvgIpc) is 3.67. The van der Waals surface area contributed by atoms with Crippen LogP contribution >= 0.6 is 0 Å². The van der Waals surface area contributed by atoms with Gasteiger partial charge in [-0.3, -0.25) is 4.90 Å². The van der Waals surface area contributed by atoms with Crippen LogP contribution in [0.2, 0.25) is 0 Å². The highest BCUT2D eigenvalue weighted by Crippen LogP contribution is 2.78. The molecule has 1 saturated heterocycles. The van der Waals surface area contributed by atoms with Crippen molar-refractivity contribution in [3.8, 4) is 11.5 Å². The first-order valence-corrected chi connectivity index (χ1v) is 14.0. The molecule has 0 radical (unpaired) electrons. The maximum atomic E-state index is 7.18. The number of likely N-dealkylation sites (tertiary alicyclic amines) is 1. The van der Waals surface area contributed by atoms with Crippen molar-refractivity contribution in [1.82, 2.24) is 4.90 Å². The summed E-state index contributed by atoms with van der Waals surface area (Å²) in [6, 6.07) is 14.1. The van der Waals surface area contributed by atoms with Crippen molar-refractivity contribution in [3.63, 3.8) is 0 Å². The van der Waals surface area contributed by atoms with E-state index in [0.29, 0.717) is 12.0 Å². The highest BCUT2D eigenvalue weighted by atomic mass is 16.6. The Morgan fingerprint density at radius 1 is 1.11 bits per heavy atom. The predicted molar refractivity (Wildman–Crippen MR) is 140 cm³/mol. The molecule has 4 bridgehead atoms. The topological polar surface area (TPSA) is 43.0 Å². The van der Waals surface area contributed by atoms with E-state index in [2.05, 4.69) is 46.6 Å². The van der Waals surface area contributed by atoms with Crippen LogP contribution in [-0.2, 0) is 16.6 Å². The van der Waals surface area contributed by atoms with Crippen molar-refractivity contribution in [1.29, 1.82) is 0 Å². The molecule has 2 heterocycles. The fourth-order valence-electron chi connectivity index (χ4n) is 9.84. The van der Waals surface area contributed by atoms with Gasteiger partial charge >= 0.3 is 0 Å². The van der Waals surface area contributed by atoms with E-state index in [1.807, 2.05) is 14.2 Å². The molecular weight excluding hydrogens is 448 g/mol. The Bertz CT molecular complexity index is 1240. The molecule has 5 aliphatic carbocycles. The van der Waals surface area contributed by atoms with Gasteiger partial charge in [0.15, 0.2) is 11.5 Å². The molecule has 7 aliphatic rings. The lowest BCUT2D eigenvalue weighted by atomic mass is 9.34. The van der Waals surface area contributed by atoms with Gasteiger partial charge in [-0.2, -0.15) is 0 Å². The number of anilines is 1. The Labute approximate surface area is 214 Å². The largest absolute Gasteiger partial charge is 0.493 e. The van der Waals surface area contributed by atoms with Crippen molar-refractivity contribution in [2.24, 2.45) is 11.3 Å². The standard InChI is InChI=1S/C31H38N2O3/c1-32-22-6-4-5-20(15-22)23-17-29-11-12-31(23,35-3)28-30(29)13-14-33(18-19-7-8-19)25(29)16-21-9-10-24(34-2)27(36-28)26(21)30/h4-6,9-10,15,19,23,25,28,32H,7-8,11-14,16-18H2,1-3H3/t23-,25-,28-,29-,30+,31-/m1/s1. The zero-order valence-electron chi connectivity index (χ0n) is 21.8. The molecule has 2 aromatic rings. The van der Waals surface area contributed by atoms with Crippen LogP contribution in [0.4, 0.5) is 5.69 Å². The number of benzene rings is 2. The molecule has 5 heteroatoms. The minimum atomic E-state index is -0.337. The van der Waals surface area contributed by atoms with E-state index in [1.165, 1.54) is 67.6 Å². The van der Waals surface area contributed by atoms with E-state index in [-0.39, 0.29) is 22.5 Å². The molecule has 0 aromatic heterocycles. The third kappa shape index (κ3) is 2.41. The number of ether oxygens (including phenoxy) is 3. The van der Waals surface area contributed by atoms with Crippen LogP contribution < -0.4 is 14.8 Å². The van der Waals surface area contributed by atoms with Gasteiger partial charge in [0.1, 0.15) is 11.7 Å². The number of hydrogen-bond acceptors (Lipinski definition) is 5. The summed E-state index contributed by atoms with van der Waals surface area (Å²) in [6.45, 7) is 2.46. The molecule has 2 spiro atoms. The fourth-order valence-corrected chi connectivity index (χ4v) is 9.84. The van der Waals surface area contributed by atoms with Gasteiger partial charge in [-0.05, 0) is 86.7 Å². The van der Waals surface area contributed by atoms with Gasteiger partial charge in [0.25, 0.3) is 0 Å². The smallest absolute Gasteiger partial charge is 0.165 e. The maximum absolute atomic E-state index is 7.18. The molecule has 2 aromatic carbocycles. The van der Waals surface area contributed by atoms with Gasteiger partial charge in [0.05, 0.1) is 7.11 Å². The summed E-state index contributed by atoms with van der Waals surface area (Å²) in [5, 5.41) is 3.37. The lowest BCUT2D eigenvalue weighted by molar-refractivity contribution is -0.261. The van der Waals surface area contributed by atoms with Crippen LogP contribution in [0.25, 0.3) is 0 Å². The second-order valence-electron chi connectivity index (χ2n) is 12.5. The van der Waals surface area contributed by atoms with Crippen LogP contribution in [0.3, 0.4) is 0 Å². The minimum absolute atomic E-state index is 0.0144. The quantitative estimate of drug-likeness (QED) is 0.613. The fraction of sp³-hybridized carbons (Fsp3) is 0.613. The van der Waals surface area contributed by atoms with Gasteiger partial charge in [0.2, 0.25) is 0 Å². The summed E-state index contributed by atoms with van der Waals surface area (Å²) in [5.41, 5.74) is 5.43. The molecule has 9 rings (SSSR count). The zero-order valence-corrected chi connectivity index (χ0v) is 21.8. The molecule has 6 atom stereocenters. The predicted octanol–water partition coefficient (Wildman–Crippen LogP) is 5.13. The Morgan fingerprint density at radius 3 is 2.78 bits per heavy atom. The third-order valence-corrected chi connectivity index (χ3v) is 11.4. The summed E-state index contributed by atoms with van der Waals surface area (Å²) in [5.74, 6) is 3.14. The molecule has 0 unspecified atom stereocenters. The first kappa shape index (κ1) is 21.8. The van der Waals surface area contributed by atoms with Crippen LogP contribution in [0.1, 0.15) is 61.1 Å². The first-order chi connectivity index (χ1) is 17.6. The SMILES string of the molecule is CNc1cccc([C@H]2C[C@@]34CC[C@]2(OC)[C@@H]2Oc5c(OC)ccc6c5[C@@]23CCN(CC2CC2)[C@@H]4C6)c1. The summed E-state index contributed by atoms with van der Waals surface area (Å²) in [7, 11) is 5.74. The molecule has 5 nitrogen and oxygen atoms in total. The summed E-state index contributed by atoms with van der Waals surface area (Å²) < 4.78 is 19.8. The van der Waals surface area contributed by atoms with Crippen LogP contribution in [0.15, 0.2) is 36.4 Å². The molecule has 190 valence electrons. The number of piperidine rings is 1. The van der Waals surface area contributed by atoms with E-state index >= 15 is 0 Å². The van der Waals surface area contributed by atoms with E-state index in [1.54, 1.807) is 7.11 Å². The number of rotatable bonds is 6. The van der Waals surface area contributed by atoms with Gasteiger partial charge < -0.3 is 19.5 Å². The lowest BCUT2D eigenvalue weighted by Gasteiger charge is -2.74. The summed E-state index contributed by atoms with van der Waals surface area (Å²) in [4.78, 5) is 2.91. The van der Waals surface area contributed by atoms with E-state index in [0.717, 1.165) is 30.3 Å². The molecular formula is C31H38N2O3. The van der Waals surface area contributed by atoms with Gasteiger partial charge in [-0.15, -0.1) is 0 Å². The monoisotopic (exact) mass is 486 g/mol. The number of hydrogen-bond donors (Lipinski definition) is 1. The minimum Gasteiger partial charge on any atom is -0.493 e. The number of nitrogens with zero attached hydrogens (tertiary/aromatic N) is 1. The second kappa shape index (κ2) is 7.20. The third-order valence-electron chi connectivity index (χ3n) is 11.4. The molecule has 36 heavy (non-hydrogen) atoms.